The van der Waals surface area contributed by atoms with Gasteiger partial charge in [-0.1, -0.05) is 26.7 Å². The molecule has 1 unspecified atom stereocenters. The van der Waals surface area contributed by atoms with Crippen LogP contribution < -0.4 is 0 Å². The predicted molar refractivity (Wildman–Crippen MR) is 61.6 cm³/mol. The van der Waals surface area contributed by atoms with E-state index >= 15 is 0 Å². The summed E-state index contributed by atoms with van der Waals surface area (Å²) in [7, 11) is 0. The van der Waals surface area contributed by atoms with Crippen LogP contribution in [-0.4, -0.2) is 17.1 Å². The van der Waals surface area contributed by atoms with Crippen molar-refractivity contribution in [1.29, 1.82) is 0 Å². The van der Waals surface area contributed by atoms with Crippen molar-refractivity contribution >= 4 is 0 Å². The van der Waals surface area contributed by atoms with E-state index in [1.165, 1.54) is 0 Å². The summed E-state index contributed by atoms with van der Waals surface area (Å²) in [6.07, 6.45) is 3.41. The highest BCUT2D eigenvalue weighted by atomic mass is 19.3. The molecular formula is C13H24F2O. The molecule has 0 radical (unpaired) electrons. The fraction of sp³-hybridized carbons (Fsp3) is 1.00. The van der Waals surface area contributed by atoms with Gasteiger partial charge in [0.2, 0.25) is 5.92 Å². The molecule has 96 valence electrons. The number of rotatable bonds is 5. The van der Waals surface area contributed by atoms with Crippen LogP contribution in [0.15, 0.2) is 0 Å². The molecule has 1 rings (SSSR count). The maximum atomic E-state index is 13.0. The van der Waals surface area contributed by atoms with Crippen molar-refractivity contribution in [2.24, 2.45) is 11.8 Å². The van der Waals surface area contributed by atoms with Gasteiger partial charge in [-0.15, -0.1) is 0 Å². The van der Waals surface area contributed by atoms with E-state index in [9.17, 15) is 13.9 Å². The first-order chi connectivity index (χ1) is 7.48. The Labute approximate surface area is 97.2 Å². The molecule has 0 aromatic carbocycles. The van der Waals surface area contributed by atoms with Crippen LogP contribution in [0.3, 0.4) is 0 Å². The second kappa shape index (κ2) is 5.95. The molecule has 0 amide bonds. The Balaban J connectivity index is 2.35. The minimum absolute atomic E-state index is 0.0440. The van der Waals surface area contributed by atoms with Gasteiger partial charge in [-0.3, -0.25) is 0 Å². The predicted octanol–water partition coefficient (Wildman–Crippen LogP) is 4.00. The van der Waals surface area contributed by atoms with Crippen molar-refractivity contribution in [2.75, 3.05) is 0 Å². The van der Waals surface area contributed by atoms with Gasteiger partial charge in [-0.05, 0) is 31.1 Å². The molecule has 3 heteroatoms. The highest BCUT2D eigenvalue weighted by Crippen LogP contribution is 2.38. The third-order valence-electron chi connectivity index (χ3n) is 4.04. The zero-order chi connectivity index (χ0) is 12.2. The molecule has 0 aromatic heterocycles. The number of halogens is 2. The number of hydrogen-bond acceptors (Lipinski definition) is 1. The first kappa shape index (κ1) is 13.9. The van der Waals surface area contributed by atoms with Gasteiger partial charge in [0.15, 0.2) is 0 Å². The normalized spacial score (nSPS) is 23.6. The molecule has 0 aromatic rings. The molecule has 0 heterocycles. The molecule has 16 heavy (non-hydrogen) atoms. The van der Waals surface area contributed by atoms with Gasteiger partial charge in [0.05, 0.1) is 6.10 Å². The van der Waals surface area contributed by atoms with Crippen LogP contribution >= 0.6 is 0 Å². The number of alkyl halides is 2. The quantitative estimate of drug-likeness (QED) is 0.762. The average molecular weight is 234 g/mol. The molecule has 0 bridgehead atoms. The summed E-state index contributed by atoms with van der Waals surface area (Å²) < 4.78 is 25.9. The average Bonchev–Trinajstić information content (AvgIpc) is 2.25. The van der Waals surface area contributed by atoms with Gasteiger partial charge in [-0.2, -0.15) is 0 Å². The van der Waals surface area contributed by atoms with Gasteiger partial charge >= 0.3 is 0 Å². The van der Waals surface area contributed by atoms with Crippen molar-refractivity contribution in [3.05, 3.63) is 0 Å². The van der Waals surface area contributed by atoms with Gasteiger partial charge in [0.1, 0.15) is 0 Å². The first-order valence-electron chi connectivity index (χ1n) is 6.54. The summed E-state index contributed by atoms with van der Waals surface area (Å²) >= 11 is 0. The third kappa shape index (κ3) is 4.00. The van der Waals surface area contributed by atoms with Crippen LogP contribution in [0.2, 0.25) is 0 Å². The van der Waals surface area contributed by atoms with Crippen LogP contribution in [0.1, 0.15) is 58.8 Å². The van der Waals surface area contributed by atoms with Crippen molar-refractivity contribution in [1.82, 2.24) is 0 Å². The van der Waals surface area contributed by atoms with Crippen LogP contribution in [0, 0.1) is 11.8 Å². The highest BCUT2D eigenvalue weighted by molar-refractivity contribution is 4.82. The summed E-state index contributed by atoms with van der Waals surface area (Å²) in [5, 5.41) is 10.0. The Hall–Kier alpha value is -0.180. The van der Waals surface area contributed by atoms with Crippen LogP contribution in [-0.2, 0) is 0 Å². The van der Waals surface area contributed by atoms with E-state index < -0.39 is 5.92 Å². The summed E-state index contributed by atoms with van der Waals surface area (Å²) in [4.78, 5) is 0. The van der Waals surface area contributed by atoms with E-state index in [4.69, 9.17) is 0 Å². The van der Waals surface area contributed by atoms with E-state index in [1.54, 1.807) is 0 Å². The van der Waals surface area contributed by atoms with Crippen molar-refractivity contribution in [2.45, 2.75) is 70.8 Å². The standard InChI is InChI=1S/C13H24F2O/c1-3-10(4-2)9-12(16)11-5-7-13(14,15)8-6-11/h10-12,16H,3-9H2,1-2H3. The number of aliphatic hydroxyl groups excluding tert-OH is 1. The largest absolute Gasteiger partial charge is 0.393 e. The van der Waals surface area contributed by atoms with Crippen molar-refractivity contribution < 1.29 is 13.9 Å². The van der Waals surface area contributed by atoms with Crippen LogP contribution in [0.5, 0.6) is 0 Å². The topological polar surface area (TPSA) is 20.2 Å². The van der Waals surface area contributed by atoms with Gasteiger partial charge in [0, 0.05) is 12.8 Å². The summed E-state index contributed by atoms with van der Waals surface area (Å²) in [6.45, 7) is 4.24. The maximum Gasteiger partial charge on any atom is 0.248 e. The molecule has 1 fully saturated rings. The minimum Gasteiger partial charge on any atom is -0.393 e. The Bertz CT molecular complexity index is 192. The SMILES string of the molecule is CCC(CC)CC(O)C1CCC(F)(F)CC1. The molecule has 0 spiro atoms. The summed E-state index contributed by atoms with van der Waals surface area (Å²) in [5.74, 6) is -1.84. The minimum atomic E-state index is -2.48. The molecule has 0 saturated heterocycles. The van der Waals surface area contributed by atoms with Crippen LogP contribution in [0.4, 0.5) is 8.78 Å². The molecular weight excluding hydrogens is 210 g/mol. The molecule has 1 nitrogen and oxygen atoms in total. The maximum absolute atomic E-state index is 13.0. The second-order valence-corrected chi connectivity index (χ2v) is 5.18. The fourth-order valence-corrected chi connectivity index (χ4v) is 2.60. The van der Waals surface area contributed by atoms with Gasteiger partial charge in [0.25, 0.3) is 0 Å². The number of aliphatic hydroxyl groups is 1. The van der Waals surface area contributed by atoms with Crippen LogP contribution in [0.25, 0.3) is 0 Å². The molecule has 1 atom stereocenters. The smallest absolute Gasteiger partial charge is 0.248 e. The lowest BCUT2D eigenvalue weighted by Gasteiger charge is -2.32. The van der Waals surface area contributed by atoms with E-state index in [1.807, 2.05) is 0 Å². The van der Waals surface area contributed by atoms with Crippen molar-refractivity contribution in [3.63, 3.8) is 0 Å². The molecule has 1 N–H and O–H groups in total. The lowest BCUT2D eigenvalue weighted by Crippen LogP contribution is -2.32. The molecule has 1 aliphatic rings. The zero-order valence-corrected chi connectivity index (χ0v) is 10.4. The van der Waals surface area contributed by atoms with E-state index in [2.05, 4.69) is 13.8 Å². The molecule has 1 aliphatic carbocycles. The van der Waals surface area contributed by atoms with E-state index in [0.717, 1.165) is 19.3 Å². The summed E-state index contributed by atoms with van der Waals surface area (Å²) in [5.41, 5.74) is 0. The number of hydrogen-bond donors (Lipinski definition) is 1. The zero-order valence-electron chi connectivity index (χ0n) is 10.4. The highest BCUT2D eigenvalue weighted by Gasteiger charge is 2.37. The van der Waals surface area contributed by atoms with E-state index in [0.29, 0.717) is 18.8 Å². The third-order valence-corrected chi connectivity index (χ3v) is 4.04. The monoisotopic (exact) mass is 234 g/mol. The van der Waals surface area contributed by atoms with Gasteiger partial charge < -0.3 is 5.11 Å². The Morgan fingerprint density at radius 2 is 1.69 bits per heavy atom. The second-order valence-electron chi connectivity index (χ2n) is 5.18. The molecule has 1 saturated carbocycles. The van der Waals surface area contributed by atoms with E-state index in [-0.39, 0.29) is 24.9 Å². The van der Waals surface area contributed by atoms with Gasteiger partial charge in [-0.25, -0.2) is 8.78 Å². The summed E-state index contributed by atoms with van der Waals surface area (Å²) in [6, 6.07) is 0. The fourth-order valence-electron chi connectivity index (χ4n) is 2.60. The Morgan fingerprint density at radius 3 is 2.12 bits per heavy atom. The molecule has 0 aliphatic heterocycles. The lowest BCUT2D eigenvalue weighted by molar-refractivity contribution is -0.0648. The first-order valence-corrected chi connectivity index (χ1v) is 6.54. The Morgan fingerprint density at radius 1 is 1.19 bits per heavy atom. The Kier molecular flexibility index (Phi) is 5.16. The van der Waals surface area contributed by atoms with Crippen molar-refractivity contribution in [3.8, 4) is 0 Å². The lowest BCUT2D eigenvalue weighted by atomic mass is 9.80.